The molecule has 0 spiro atoms. The number of nitrogen functional groups attached to an aromatic ring is 1. The van der Waals surface area contributed by atoms with Gasteiger partial charge in [0.2, 0.25) is 0 Å². The Kier molecular flexibility index (Phi) is 5.26. The van der Waals surface area contributed by atoms with Crippen molar-refractivity contribution < 1.29 is 9.53 Å². The summed E-state index contributed by atoms with van der Waals surface area (Å²) in [5.41, 5.74) is 6.79. The first-order valence-electron chi connectivity index (χ1n) is 7.07. The number of hydrogen-bond acceptors (Lipinski definition) is 3. The van der Waals surface area contributed by atoms with Gasteiger partial charge in [0.05, 0.1) is 16.8 Å². The first kappa shape index (κ1) is 15.1. The average Bonchev–Trinajstić information content (AvgIpc) is 2.44. The van der Waals surface area contributed by atoms with Crippen LogP contribution in [0.2, 0.25) is 5.02 Å². The summed E-state index contributed by atoms with van der Waals surface area (Å²) in [5, 5.41) is 3.28. The van der Waals surface area contributed by atoms with Gasteiger partial charge in [-0.25, -0.2) is 0 Å². The van der Waals surface area contributed by atoms with Crippen LogP contribution in [0.25, 0.3) is 0 Å². The van der Waals surface area contributed by atoms with E-state index in [2.05, 4.69) is 5.32 Å². The zero-order chi connectivity index (χ0) is 14.5. The average molecular weight is 297 g/mol. The fourth-order valence-electron chi connectivity index (χ4n) is 2.42. The molecule has 1 aliphatic carbocycles. The fraction of sp³-hybridized carbons (Fsp3) is 0.533. The molecular weight excluding hydrogens is 276 g/mol. The van der Waals surface area contributed by atoms with Crippen LogP contribution in [0.15, 0.2) is 18.2 Å². The second-order valence-corrected chi connectivity index (χ2v) is 5.67. The third-order valence-corrected chi connectivity index (χ3v) is 3.93. The molecule has 1 aromatic rings. The van der Waals surface area contributed by atoms with Crippen LogP contribution in [0.1, 0.15) is 39.0 Å². The van der Waals surface area contributed by atoms with Gasteiger partial charge in [0.15, 0.2) is 0 Å². The lowest BCUT2D eigenvalue weighted by Crippen LogP contribution is -2.32. The minimum atomic E-state index is -0.463. The molecule has 0 saturated heterocycles. The van der Waals surface area contributed by atoms with Crippen molar-refractivity contribution in [2.24, 2.45) is 0 Å². The van der Waals surface area contributed by atoms with E-state index in [0.717, 1.165) is 12.8 Å². The maximum atomic E-state index is 12.1. The van der Waals surface area contributed by atoms with Crippen molar-refractivity contribution in [1.82, 2.24) is 0 Å². The quantitative estimate of drug-likeness (QED) is 0.834. The van der Waals surface area contributed by atoms with Gasteiger partial charge < -0.3 is 15.8 Å². The van der Waals surface area contributed by atoms with Crippen LogP contribution >= 0.6 is 11.6 Å². The van der Waals surface area contributed by atoms with Gasteiger partial charge in [0.25, 0.3) is 5.91 Å². The molecular formula is C15H21ClN2O2. The smallest absolute Gasteiger partial charge is 0.253 e. The molecule has 0 aliphatic heterocycles. The Balaban J connectivity index is 1.88. The number of carbonyl (C=O) groups excluding carboxylic acids is 1. The largest absolute Gasteiger partial charge is 0.397 e. The number of amides is 1. The number of nitrogens with two attached hydrogens (primary N) is 1. The van der Waals surface area contributed by atoms with Gasteiger partial charge in [-0.15, -0.1) is 0 Å². The van der Waals surface area contributed by atoms with Gasteiger partial charge in [-0.05, 0) is 38.0 Å². The van der Waals surface area contributed by atoms with E-state index in [1.54, 1.807) is 25.1 Å². The molecule has 0 heterocycles. The molecule has 110 valence electrons. The number of halogens is 1. The minimum absolute atomic E-state index is 0.155. The number of anilines is 2. The number of carbonyl (C=O) groups is 1. The Morgan fingerprint density at radius 2 is 2.10 bits per heavy atom. The predicted octanol–water partition coefficient (Wildman–Crippen LogP) is 3.60. The highest BCUT2D eigenvalue weighted by Gasteiger charge is 2.21. The standard InChI is InChI=1S/C15H21ClN2O2/c1-10(20-12-5-3-2-4-6-12)15(19)18-11-7-8-13(16)14(17)9-11/h7-10,12H,2-6,17H2,1H3,(H,18,19). The highest BCUT2D eigenvalue weighted by molar-refractivity contribution is 6.33. The monoisotopic (exact) mass is 296 g/mol. The summed E-state index contributed by atoms with van der Waals surface area (Å²) in [7, 11) is 0. The van der Waals surface area contributed by atoms with E-state index in [1.165, 1.54) is 19.3 Å². The Labute approximate surface area is 124 Å². The first-order chi connectivity index (χ1) is 9.56. The predicted molar refractivity (Wildman–Crippen MR) is 81.9 cm³/mol. The molecule has 20 heavy (non-hydrogen) atoms. The second kappa shape index (κ2) is 6.95. The van der Waals surface area contributed by atoms with Gasteiger partial charge in [-0.2, -0.15) is 0 Å². The molecule has 4 nitrogen and oxygen atoms in total. The molecule has 2 rings (SSSR count). The van der Waals surface area contributed by atoms with E-state index in [1.807, 2.05) is 0 Å². The highest BCUT2D eigenvalue weighted by Crippen LogP contribution is 2.24. The van der Waals surface area contributed by atoms with E-state index < -0.39 is 6.10 Å². The lowest BCUT2D eigenvalue weighted by molar-refractivity contribution is -0.131. The second-order valence-electron chi connectivity index (χ2n) is 5.26. The summed E-state index contributed by atoms with van der Waals surface area (Å²) in [6.07, 6.45) is 5.48. The lowest BCUT2D eigenvalue weighted by atomic mass is 9.97. The number of benzene rings is 1. The highest BCUT2D eigenvalue weighted by atomic mass is 35.5. The molecule has 1 atom stereocenters. The van der Waals surface area contributed by atoms with Crippen LogP contribution in [0.4, 0.5) is 11.4 Å². The summed E-state index contributed by atoms with van der Waals surface area (Å²) in [6, 6.07) is 5.04. The van der Waals surface area contributed by atoms with Gasteiger partial charge in [-0.3, -0.25) is 4.79 Å². The van der Waals surface area contributed by atoms with Crippen LogP contribution < -0.4 is 11.1 Å². The molecule has 1 aliphatic rings. The topological polar surface area (TPSA) is 64.3 Å². The molecule has 0 radical (unpaired) electrons. The molecule has 0 aromatic heterocycles. The van der Waals surface area contributed by atoms with Crippen molar-refractivity contribution in [3.05, 3.63) is 23.2 Å². The van der Waals surface area contributed by atoms with Crippen molar-refractivity contribution in [2.75, 3.05) is 11.1 Å². The van der Waals surface area contributed by atoms with E-state index >= 15 is 0 Å². The molecule has 1 fully saturated rings. The van der Waals surface area contributed by atoms with Gasteiger partial charge >= 0.3 is 0 Å². The normalized spacial score (nSPS) is 17.7. The molecule has 5 heteroatoms. The van der Waals surface area contributed by atoms with Crippen LogP contribution in [0.5, 0.6) is 0 Å². The molecule has 1 saturated carbocycles. The van der Waals surface area contributed by atoms with Crippen molar-refractivity contribution in [2.45, 2.75) is 51.2 Å². The minimum Gasteiger partial charge on any atom is -0.397 e. The van der Waals surface area contributed by atoms with Crippen LogP contribution in [0.3, 0.4) is 0 Å². The lowest BCUT2D eigenvalue weighted by Gasteiger charge is -2.25. The molecule has 0 bridgehead atoms. The van der Waals surface area contributed by atoms with E-state index in [-0.39, 0.29) is 12.0 Å². The van der Waals surface area contributed by atoms with Gasteiger partial charge in [0, 0.05) is 5.69 Å². The van der Waals surface area contributed by atoms with Crippen molar-refractivity contribution in [3.63, 3.8) is 0 Å². The Morgan fingerprint density at radius 1 is 1.40 bits per heavy atom. The summed E-state index contributed by atoms with van der Waals surface area (Å²) >= 11 is 5.85. The zero-order valence-corrected chi connectivity index (χ0v) is 12.5. The molecule has 1 amide bonds. The number of ether oxygens (including phenoxy) is 1. The summed E-state index contributed by atoms with van der Waals surface area (Å²) in [4.78, 5) is 12.1. The summed E-state index contributed by atoms with van der Waals surface area (Å²) in [6.45, 7) is 1.78. The van der Waals surface area contributed by atoms with Gasteiger partial charge in [-0.1, -0.05) is 30.9 Å². The van der Waals surface area contributed by atoms with E-state index in [9.17, 15) is 4.79 Å². The SMILES string of the molecule is CC(OC1CCCCC1)C(=O)Nc1ccc(Cl)c(N)c1. The Bertz CT molecular complexity index is 473. The molecule has 3 N–H and O–H groups in total. The molecule has 1 aromatic carbocycles. The third-order valence-electron chi connectivity index (χ3n) is 3.58. The number of hydrogen-bond donors (Lipinski definition) is 2. The van der Waals surface area contributed by atoms with E-state index in [4.69, 9.17) is 22.1 Å². The summed E-state index contributed by atoms with van der Waals surface area (Å²) < 4.78 is 5.81. The van der Waals surface area contributed by atoms with Gasteiger partial charge in [0.1, 0.15) is 6.10 Å². The van der Waals surface area contributed by atoms with E-state index in [0.29, 0.717) is 16.4 Å². The zero-order valence-electron chi connectivity index (χ0n) is 11.7. The number of rotatable bonds is 4. The van der Waals surface area contributed by atoms with Crippen molar-refractivity contribution in [1.29, 1.82) is 0 Å². The van der Waals surface area contributed by atoms with Crippen molar-refractivity contribution in [3.8, 4) is 0 Å². The number of nitrogens with one attached hydrogen (secondary N) is 1. The maximum Gasteiger partial charge on any atom is 0.253 e. The fourth-order valence-corrected chi connectivity index (χ4v) is 2.53. The van der Waals surface area contributed by atoms with Crippen LogP contribution in [0, 0.1) is 0 Å². The van der Waals surface area contributed by atoms with Crippen LogP contribution in [-0.4, -0.2) is 18.1 Å². The Morgan fingerprint density at radius 3 is 2.75 bits per heavy atom. The molecule has 1 unspecified atom stereocenters. The first-order valence-corrected chi connectivity index (χ1v) is 7.45. The Hall–Kier alpha value is -1.26. The van der Waals surface area contributed by atoms with Crippen molar-refractivity contribution >= 4 is 28.9 Å². The maximum absolute atomic E-state index is 12.1. The van der Waals surface area contributed by atoms with Crippen LogP contribution in [-0.2, 0) is 9.53 Å². The third kappa shape index (κ3) is 4.12. The summed E-state index contributed by atoms with van der Waals surface area (Å²) in [5.74, 6) is -0.155.